The molecule has 1 atom stereocenters. The summed E-state index contributed by atoms with van der Waals surface area (Å²) in [5.41, 5.74) is 1.14. The molecular weight excluding hydrogens is 380 g/mol. The smallest absolute Gasteiger partial charge is 0.261 e. The molecule has 2 heterocycles. The normalized spacial score (nSPS) is 14.2. The first kappa shape index (κ1) is 20.0. The number of hydrogen-bond donors (Lipinski definition) is 1. The van der Waals surface area contributed by atoms with Gasteiger partial charge >= 0.3 is 0 Å². The Hall–Kier alpha value is -2.74. The zero-order valence-corrected chi connectivity index (χ0v) is 16.4. The van der Waals surface area contributed by atoms with Crippen LogP contribution < -0.4 is 10.2 Å². The van der Waals surface area contributed by atoms with Crippen molar-refractivity contribution in [3.8, 4) is 5.75 Å². The van der Waals surface area contributed by atoms with E-state index in [2.05, 4.69) is 4.98 Å². The lowest BCUT2D eigenvalue weighted by atomic mass is 10.1. The second-order valence-electron chi connectivity index (χ2n) is 6.48. The molecule has 0 radical (unpaired) electrons. The number of carbonyl (C=O) groups is 2. The highest BCUT2D eigenvalue weighted by Gasteiger charge is 2.34. The number of H-pyrrole nitrogens is 1. The molecule has 1 aliphatic heterocycles. The van der Waals surface area contributed by atoms with E-state index in [9.17, 15) is 18.6 Å². The molecular formula is C20H22N2O5S. The van der Waals surface area contributed by atoms with Gasteiger partial charge in [0.05, 0.1) is 23.5 Å². The molecule has 2 aromatic rings. The Kier molecular flexibility index (Phi) is 6.41. The standard InChI is InChI=1S/C20H22N2O5S/c1-2-9-27-18-12-21-14(11-17(18)23)13-28(26)10-5-8-22-19(24)15-6-3-4-7-16(15)20(22)25/h3-4,6-7,11-12H,2,5,8-10,13H2,1H3,(H,21,23). The van der Waals surface area contributed by atoms with Crippen LogP contribution in [0, 0.1) is 0 Å². The molecule has 0 saturated carbocycles. The van der Waals surface area contributed by atoms with Gasteiger partial charge in [-0.2, -0.15) is 0 Å². The van der Waals surface area contributed by atoms with Gasteiger partial charge in [-0.05, 0) is 25.0 Å². The van der Waals surface area contributed by atoms with Crippen LogP contribution in [0.4, 0.5) is 0 Å². The number of nitrogens with zero attached hydrogens (tertiary/aromatic N) is 1. The van der Waals surface area contributed by atoms with Crippen molar-refractivity contribution in [2.45, 2.75) is 25.5 Å². The summed E-state index contributed by atoms with van der Waals surface area (Å²) in [7, 11) is -1.22. The summed E-state index contributed by atoms with van der Waals surface area (Å²) in [5.74, 6) is 0.161. The minimum absolute atomic E-state index is 0.200. The Labute approximate surface area is 165 Å². The second-order valence-corrected chi connectivity index (χ2v) is 8.06. The Morgan fingerprint density at radius 3 is 2.39 bits per heavy atom. The number of nitrogens with one attached hydrogen (secondary N) is 1. The zero-order chi connectivity index (χ0) is 20.1. The largest absolute Gasteiger partial charge is 0.488 e. The number of hydrogen-bond acceptors (Lipinski definition) is 5. The molecule has 1 unspecified atom stereocenters. The first-order chi connectivity index (χ1) is 13.5. The second kappa shape index (κ2) is 8.97. The Balaban J connectivity index is 1.50. The molecule has 0 aliphatic carbocycles. The van der Waals surface area contributed by atoms with E-state index in [0.717, 1.165) is 6.42 Å². The number of ether oxygens (including phenoxy) is 1. The number of fused-ring (bicyclic) bond motifs is 1. The van der Waals surface area contributed by atoms with E-state index in [4.69, 9.17) is 4.74 Å². The van der Waals surface area contributed by atoms with Crippen molar-refractivity contribution in [1.82, 2.24) is 9.88 Å². The fourth-order valence-electron chi connectivity index (χ4n) is 2.98. The minimum Gasteiger partial charge on any atom is -0.488 e. The molecule has 0 fully saturated rings. The van der Waals surface area contributed by atoms with Gasteiger partial charge in [0.1, 0.15) is 0 Å². The van der Waals surface area contributed by atoms with Crippen molar-refractivity contribution in [3.63, 3.8) is 0 Å². The van der Waals surface area contributed by atoms with Crippen molar-refractivity contribution in [2.24, 2.45) is 0 Å². The van der Waals surface area contributed by atoms with Crippen molar-refractivity contribution in [3.05, 3.63) is 63.6 Å². The van der Waals surface area contributed by atoms with Gasteiger partial charge in [-0.3, -0.25) is 23.5 Å². The highest BCUT2D eigenvalue weighted by molar-refractivity contribution is 7.84. The van der Waals surface area contributed by atoms with Crippen molar-refractivity contribution in [2.75, 3.05) is 18.9 Å². The van der Waals surface area contributed by atoms with Crippen molar-refractivity contribution < 1.29 is 18.5 Å². The maximum atomic E-state index is 12.3. The van der Waals surface area contributed by atoms with Crippen LogP contribution >= 0.6 is 0 Å². The van der Waals surface area contributed by atoms with Gasteiger partial charge in [-0.15, -0.1) is 0 Å². The van der Waals surface area contributed by atoms with Crippen molar-refractivity contribution in [1.29, 1.82) is 0 Å². The van der Waals surface area contributed by atoms with Gasteiger partial charge in [0.25, 0.3) is 11.8 Å². The molecule has 1 aromatic heterocycles. The lowest BCUT2D eigenvalue weighted by molar-refractivity contribution is 0.0654. The van der Waals surface area contributed by atoms with Crippen LogP contribution in [-0.4, -0.2) is 44.8 Å². The van der Waals surface area contributed by atoms with E-state index < -0.39 is 10.8 Å². The van der Waals surface area contributed by atoms with E-state index >= 15 is 0 Å². The van der Waals surface area contributed by atoms with Crippen LogP contribution in [0.25, 0.3) is 0 Å². The molecule has 1 aromatic carbocycles. The van der Waals surface area contributed by atoms with E-state index in [1.54, 1.807) is 24.3 Å². The van der Waals surface area contributed by atoms with Crippen LogP contribution in [-0.2, 0) is 16.6 Å². The summed E-state index contributed by atoms with van der Waals surface area (Å²) in [6.45, 7) is 2.64. The maximum Gasteiger partial charge on any atom is 0.261 e. The molecule has 0 bridgehead atoms. The highest BCUT2D eigenvalue weighted by atomic mass is 32.2. The summed E-state index contributed by atoms with van der Waals surface area (Å²) in [6, 6.07) is 8.12. The Morgan fingerprint density at radius 1 is 1.11 bits per heavy atom. The minimum atomic E-state index is -1.22. The van der Waals surface area contributed by atoms with Gasteiger partial charge < -0.3 is 9.72 Å². The van der Waals surface area contributed by atoms with E-state index in [1.165, 1.54) is 17.2 Å². The first-order valence-electron chi connectivity index (χ1n) is 9.16. The average molecular weight is 402 g/mol. The fourth-order valence-corrected chi connectivity index (χ4v) is 4.09. The molecule has 148 valence electrons. The van der Waals surface area contributed by atoms with E-state index in [1.807, 2.05) is 6.92 Å². The van der Waals surface area contributed by atoms with Crippen LogP contribution in [0.1, 0.15) is 46.2 Å². The third-order valence-corrected chi connectivity index (χ3v) is 5.72. The van der Waals surface area contributed by atoms with Crippen LogP contribution in [0.3, 0.4) is 0 Å². The van der Waals surface area contributed by atoms with Gasteiger partial charge in [0.15, 0.2) is 5.75 Å². The summed E-state index contributed by atoms with van der Waals surface area (Å²) in [4.78, 5) is 40.7. The fraction of sp³-hybridized carbons (Fsp3) is 0.350. The molecule has 1 N–H and O–H groups in total. The number of aromatic amines is 1. The lowest BCUT2D eigenvalue weighted by Gasteiger charge is -2.13. The summed E-state index contributed by atoms with van der Waals surface area (Å²) in [6.07, 6.45) is 2.72. The van der Waals surface area contributed by atoms with Gasteiger partial charge in [0.2, 0.25) is 5.43 Å². The number of aromatic nitrogens is 1. The molecule has 0 spiro atoms. The number of pyridine rings is 1. The zero-order valence-electron chi connectivity index (χ0n) is 15.6. The highest BCUT2D eigenvalue weighted by Crippen LogP contribution is 2.22. The monoisotopic (exact) mass is 402 g/mol. The topological polar surface area (TPSA) is 96.5 Å². The molecule has 3 rings (SSSR count). The van der Waals surface area contributed by atoms with Crippen molar-refractivity contribution >= 4 is 22.6 Å². The Morgan fingerprint density at radius 2 is 1.79 bits per heavy atom. The predicted octanol–water partition coefficient (Wildman–Crippen LogP) is 2.10. The number of benzene rings is 1. The number of rotatable bonds is 9. The summed E-state index contributed by atoms with van der Waals surface area (Å²) >= 11 is 0. The molecule has 1 aliphatic rings. The molecule has 8 heteroatoms. The SMILES string of the molecule is CCCOc1c[nH]c(CS(=O)CCCN2C(=O)c3ccccc3C2=O)cc1=O. The van der Waals surface area contributed by atoms with E-state index in [0.29, 0.717) is 35.6 Å². The van der Waals surface area contributed by atoms with Crippen LogP contribution in [0.15, 0.2) is 41.3 Å². The number of amides is 2. The van der Waals surface area contributed by atoms with E-state index in [-0.39, 0.29) is 35.3 Å². The van der Waals surface area contributed by atoms with Gasteiger partial charge in [-0.1, -0.05) is 19.1 Å². The first-order valence-corrected chi connectivity index (χ1v) is 10.6. The predicted molar refractivity (Wildman–Crippen MR) is 106 cm³/mol. The summed E-state index contributed by atoms with van der Waals surface area (Å²) < 4.78 is 17.6. The Bertz CT molecular complexity index is 934. The molecule has 2 amide bonds. The average Bonchev–Trinajstić information content (AvgIpc) is 2.92. The third-order valence-electron chi connectivity index (χ3n) is 4.35. The lowest BCUT2D eigenvalue weighted by Crippen LogP contribution is -2.31. The maximum absolute atomic E-state index is 12.3. The number of carbonyl (C=O) groups excluding carboxylic acids is 2. The quantitative estimate of drug-likeness (QED) is 0.648. The van der Waals surface area contributed by atoms with Gasteiger partial charge in [-0.25, -0.2) is 0 Å². The van der Waals surface area contributed by atoms with Crippen LogP contribution in [0.5, 0.6) is 5.75 Å². The molecule has 0 saturated heterocycles. The molecule has 28 heavy (non-hydrogen) atoms. The van der Waals surface area contributed by atoms with Gasteiger partial charge in [0, 0.05) is 41.1 Å². The number of imide groups is 1. The molecule has 7 nitrogen and oxygen atoms in total. The third kappa shape index (κ3) is 4.39. The van der Waals surface area contributed by atoms with Crippen LogP contribution in [0.2, 0.25) is 0 Å². The summed E-state index contributed by atoms with van der Waals surface area (Å²) in [5, 5.41) is 0.